The van der Waals surface area contributed by atoms with Gasteiger partial charge in [0.05, 0.1) is 0 Å². The standard InChI is InChI=1S/Cr.H3O4P.3H2O/c;1-5(2,3)4;;;/h;(H3,1,2,3,4);3*1H2/q+3;;;;/p-3. The molecule has 0 aliphatic carbocycles. The van der Waals surface area contributed by atoms with Gasteiger partial charge in [0.1, 0.15) is 0 Å². The van der Waals surface area contributed by atoms with Gasteiger partial charge in [-0.15, -0.1) is 0 Å². The molecule has 0 rings (SSSR count). The van der Waals surface area contributed by atoms with Crippen molar-refractivity contribution in [2.24, 2.45) is 0 Å². The SMILES string of the molecule is O.O.O.O=P([O-])([O-])[O-].[Cr+3]. The Kier molecular flexibility index (Phi) is 42.6. The van der Waals surface area contributed by atoms with Gasteiger partial charge in [-0.3, -0.25) is 0 Å². The molecule has 0 amide bonds. The molecule has 0 aromatic rings. The minimum atomic E-state index is -5.39. The maximum absolute atomic E-state index is 8.55. The normalized spacial score (nSPS) is 6.56. The third-order valence-corrected chi connectivity index (χ3v) is 0. The van der Waals surface area contributed by atoms with Crippen molar-refractivity contribution in [2.45, 2.75) is 0 Å². The van der Waals surface area contributed by atoms with Gasteiger partial charge < -0.3 is 35.7 Å². The van der Waals surface area contributed by atoms with E-state index in [1.165, 1.54) is 0 Å². The zero-order valence-electron chi connectivity index (χ0n) is 3.99. The first-order valence-electron chi connectivity index (χ1n) is 0.730. The number of hydrogen-bond donors (Lipinski definition) is 0. The van der Waals surface area contributed by atoms with Crippen molar-refractivity contribution in [1.82, 2.24) is 0 Å². The van der Waals surface area contributed by atoms with Crippen LogP contribution in [-0.2, 0) is 21.9 Å². The van der Waals surface area contributed by atoms with Crippen molar-refractivity contribution in [2.75, 3.05) is 0 Å². The molecule has 1 radical (unpaired) electrons. The van der Waals surface area contributed by atoms with Gasteiger partial charge in [0, 0.05) is 0 Å². The van der Waals surface area contributed by atoms with Gasteiger partial charge in [0.2, 0.25) is 0 Å². The molecule has 59 valence electrons. The second-order valence-electron chi connectivity index (χ2n) is 0.447. The number of rotatable bonds is 0. The van der Waals surface area contributed by atoms with Gasteiger partial charge >= 0.3 is 17.4 Å². The van der Waals surface area contributed by atoms with Crippen molar-refractivity contribution in [3.63, 3.8) is 0 Å². The summed E-state index contributed by atoms with van der Waals surface area (Å²) in [6.45, 7) is 0. The molecule has 0 aromatic heterocycles. The summed E-state index contributed by atoms with van der Waals surface area (Å²) in [5.41, 5.74) is 0. The molecule has 9 heavy (non-hydrogen) atoms. The Hall–Kier alpha value is 0.522. The maximum atomic E-state index is 8.55. The van der Waals surface area contributed by atoms with Crippen molar-refractivity contribution in [3.8, 4) is 0 Å². The minimum Gasteiger partial charge on any atom is -0.822 e. The molecule has 0 saturated carbocycles. The summed E-state index contributed by atoms with van der Waals surface area (Å²) in [6.07, 6.45) is 0. The van der Waals surface area contributed by atoms with Crippen LogP contribution in [0.4, 0.5) is 0 Å². The van der Waals surface area contributed by atoms with Gasteiger partial charge in [-0.1, -0.05) is 0 Å². The first kappa shape index (κ1) is 33.8. The summed E-state index contributed by atoms with van der Waals surface area (Å²) in [4.78, 5) is 25.6. The van der Waals surface area contributed by atoms with Crippen LogP contribution < -0.4 is 14.7 Å². The van der Waals surface area contributed by atoms with E-state index in [4.69, 9.17) is 19.2 Å². The van der Waals surface area contributed by atoms with Crippen LogP contribution in [-0.4, -0.2) is 16.4 Å². The predicted molar refractivity (Wildman–Crippen MR) is 18.4 cm³/mol. The summed E-state index contributed by atoms with van der Waals surface area (Å²) in [5.74, 6) is 0. The molecule has 0 aliphatic heterocycles. The Morgan fingerprint density at radius 1 is 0.889 bits per heavy atom. The largest absolute Gasteiger partial charge is 3.00 e. The fourth-order valence-electron chi connectivity index (χ4n) is 0. The third-order valence-electron chi connectivity index (χ3n) is 0. The van der Waals surface area contributed by atoms with E-state index in [-0.39, 0.29) is 33.8 Å². The fourth-order valence-corrected chi connectivity index (χ4v) is 0. The average Bonchev–Trinajstić information content (AvgIpc) is 0.722. The van der Waals surface area contributed by atoms with Gasteiger partial charge in [0.25, 0.3) is 0 Å². The first-order valence-corrected chi connectivity index (χ1v) is 2.19. The summed E-state index contributed by atoms with van der Waals surface area (Å²) >= 11 is 0. The quantitative estimate of drug-likeness (QED) is 0.355. The number of hydrogen-bond acceptors (Lipinski definition) is 4. The van der Waals surface area contributed by atoms with E-state index in [0.717, 1.165) is 0 Å². The Morgan fingerprint density at radius 2 is 0.889 bits per heavy atom. The Bertz CT molecular complexity index is 55.1. The van der Waals surface area contributed by atoms with Crippen LogP contribution in [0, 0.1) is 0 Å². The van der Waals surface area contributed by atoms with Gasteiger partial charge in [-0.05, 0) is 0 Å². The Labute approximate surface area is 61.6 Å². The molecule has 7 nitrogen and oxygen atoms in total. The topological polar surface area (TPSA) is 181 Å². The molecule has 0 spiro atoms. The minimum absolute atomic E-state index is 0. The summed E-state index contributed by atoms with van der Waals surface area (Å²) in [5, 5.41) is 0. The zero-order chi connectivity index (χ0) is 4.50. The molecular weight excluding hydrogens is 195 g/mol. The van der Waals surface area contributed by atoms with E-state index >= 15 is 0 Å². The van der Waals surface area contributed by atoms with Crippen LogP contribution in [0.3, 0.4) is 0 Å². The Morgan fingerprint density at radius 3 is 0.889 bits per heavy atom. The van der Waals surface area contributed by atoms with Crippen LogP contribution in [0.25, 0.3) is 0 Å². The smallest absolute Gasteiger partial charge is 0.822 e. The van der Waals surface area contributed by atoms with E-state index in [9.17, 15) is 0 Å². The second-order valence-corrected chi connectivity index (χ2v) is 1.34. The Balaban J connectivity index is -0.0000000133. The van der Waals surface area contributed by atoms with Crippen molar-refractivity contribution < 1.29 is 53.0 Å². The van der Waals surface area contributed by atoms with Crippen LogP contribution in [0.1, 0.15) is 0 Å². The van der Waals surface area contributed by atoms with E-state index in [1.807, 2.05) is 0 Å². The fraction of sp³-hybridized carbons (Fsp3) is 0. The molecule has 9 heteroatoms. The second kappa shape index (κ2) is 11.3. The van der Waals surface area contributed by atoms with Crippen molar-refractivity contribution in [3.05, 3.63) is 0 Å². The van der Waals surface area contributed by atoms with Crippen LogP contribution in [0.5, 0.6) is 0 Å². The zero-order valence-corrected chi connectivity index (χ0v) is 6.16. The monoisotopic (exact) mass is 201 g/mol. The molecular formula is H6CrO7P. The molecule has 0 aromatic carbocycles. The van der Waals surface area contributed by atoms with E-state index in [1.54, 1.807) is 0 Å². The van der Waals surface area contributed by atoms with Crippen molar-refractivity contribution in [1.29, 1.82) is 0 Å². The molecule has 0 saturated heterocycles. The number of phosphoric acid groups is 1. The molecule has 0 atom stereocenters. The summed E-state index contributed by atoms with van der Waals surface area (Å²) < 4.78 is 8.55. The molecule has 6 N–H and O–H groups in total. The molecule has 0 fully saturated rings. The summed E-state index contributed by atoms with van der Waals surface area (Å²) in [7, 11) is -5.39. The van der Waals surface area contributed by atoms with Gasteiger partial charge in [-0.2, -0.15) is 7.82 Å². The predicted octanol–water partition coefficient (Wildman–Crippen LogP) is -5.30. The van der Waals surface area contributed by atoms with E-state index < -0.39 is 7.82 Å². The van der Waals surface area contributed by atoms with Gasteiger partial charge in [-0.25, -0.2) is 0 Å². The van der Waals surface area contributed by atoms with E-state index in [0.29, 0.717) is 0 Å². The third kappa shape index (κ3) is 1330. The van der Waals surface area contributed by atoms with Crippen LogP contribution in [0.15, 0.2) is 0 Å². The first-order chi connectivity index (χ1) is 2.00. The molecule has 0 bridgehead atoms. The van der Waals surface area contributed by atoms with Crippen molar-refractivity contribution >= 4 is 7.82 Å². The maximum Gasteiger partial charge on any atom is 3.00 e. The average molecular weight is 201 g/mol. The summed E-state index contributed by atoms with van der Waals surface area (Å²) in [6, 6.07) is 0. The van der Waals surface area contributed by atoms with E-state index in [2.05, 4.69) is 0 Å². The van der Waals surface area contributed by atoms with Crippen LogP contribution >= 0.6 is 7.82 Å². The molecule has 0 unspecified atom stereocenters. The van der Waals surface area contributed by atoms with Gasteiger partial charge in [0.15, 0.2) is 0 Å². The van der Waals surface area contributed by atoms with Crippen LogP contribution in [0.2, 0.25) is 0 Å². The molecule has 0 heterocycles. The molecule has 0 aliphatic rings.